The number of nitrogens with zero attached hydrogens (tertiary/aromatic N) is 1. The largest absolute Gasteiger partial charge is 0.340 e. The average molecular weight is 256 g/mol. The van der Waals surface area contributed by atoms with Crippen molar-refractivity contribution in [3.05, 3.63) is 51.2 Å². The molecule has 0 radical (unpaired) electrons. The minimum Gasteiger partial charge on any atom is -0.292 e. The molecule has 0 fully saturated rings. The molecule has 2 aromatic rings. The maximum atomic E-state index is 10.8. The molecule has 4 nitrogen and oxygen atoms in total. The van der Waals surface area contributed by atoms with Crippen molar-refractivity contribution in [3.8, 4) is 0 Å². The van der Waals surface area contributed by atoms with Crippen molar-refractivity contribution < 1.29 is 0 Å². The number of nitrogens with one attached hydrogen (secondary N) is 2. The van der Waals surface area contributed by atoms with Crippen molar-refractivity contribution >= 4 is 23.4 Å². The molecule has 1 heterocycles. The highest BCUT2D eigenvalue weighted by Gasteiger charge is 1.99. The van der Waals surface area contributed by atoms with Crippen LogP contribution in [0.1, 0.15) is 11.4 Å². The number of hydrogen-bond acceptors (Lipinski definition) is 3. The first-order chi connectivity index (χ1) is 7.74. The van der Waals surface area contributed by atoms with E-state index in [1.165, 1.54) is 5.56 Å². The number of aromatic amines is 2. The van der Waals surface area contributed by atoms with Gasteiger partial charge in [0.05, 0.1) is 5.75 Å². The van der Waals surface area contributed by atoms with Gasteiger partial charge in [-0.15, -0.1) is 11.8 Å². The Balaban J connectivity index is 1.84. The number of halogens is 1. The quantitative estimate of drug-likeness (QED) is 0.880. The zero-order chi connectivity index (χ0) is 11.4. The Labute approximate surface area is 101 Å². The Kier molecular flexibility index (Phi) is 3.69. The van der Waals surface area contributed by atoms with Gasteiger partial charge in [-0.2, -0.15) is 5.10 Å². The first-order valence-electron chi connectivity index (χ1n) is 4.70. The maximum absolute atomic E-state index is 10.8. The molecule has 0 aliphatic rings. The van der Waals surface area contributed by atoms with Crippen LogP contribution in [0.25, 0.3) is 0 Å². The molecule has 0 aliphatic carbocycles. The molecule has 0 amide bonds. The molecule has 0 spiro atoms. The molecular formula is C10H10ClN3OS. The van der Waals surface area contributed by atoms with Crippen LogP contribution in [0.2, 0.25) is 5.02 Å². The van der Waals surface area contributed by atoms with E-state index < -0.39 is 0 Å². The fourth-order valence-electron chi connectivity index (χ4n) is 1.22. The topological polar surface area (TPSA) is 61.5 Å². The molecule has 0 aliphatic heterocycles. The van der Waals surface area contributed by atoms with E-state index in [-0.39, 0.29) is 5.69 Å². The van der Waals surface area contributed by atoms with Gasteiger partial charge in [0.25, 0.3) is 0 Å². The summed E-state index contributed by atoms with van der Waals surface area (Å²) in [4.78, 5) is 13.4. The Hall–Kier alpha value is -1.20. The standard InChI is InChI=1S/C10H10ClN3OS/c11-8-3-1-7(2-4-8)5-16-6-9-12-10(15)14-13-9/h1-4H,5-6H2,(H2,12,13,14,15). The molecular weight excluding hydrogens is 246 g/mol. The average Bonchev–Trinajstić information content (AvgIpc) is 2.67. The third kappa shape index (κ3) is 3.15. The van der Waals surface area contributed by atoms with Crippen LogP contribution in [-0.2, 0) is 11.5 Å². The summed E-state index contributed by atoms with van der Waals surface area (Å²) in [5.41, 5.74) is 0.939. The zero-order valence-electron chi connectivity index (χ0n) is 8.37. The van der Waals surface area contributed by atoms with E-state index in [4.69, 9.17) is 11.6 Å². The van der Waals surface area contributed by atoms with Crippen molar-refractivity contribution in [1.82, 2.24) is 15.2 Å². The third-order valence-electron chi connectivity index (χ3n) is 1.97. The molecule has 0 unspecified atom stereocenters. The van der Waals surface area contributed by atoms with E-state index in [1.54, 1.807) is 11.8 Å². The molecule has 2 N–H and O–H groups in total. The van der Waals surface area contributed by atoms with Crippen molar-refractivity contribution in [3.63, 3.8) is 0 Å². The molecule has 0 saturated carbocycles. The van der Waals surface area contributed by atoms with E-state index >= 15 is 0 Å². The van der Waals surface area contributed by atoms with Crippen LogP contribution in [0, 0.1) is 0 Å². The Morgan fingerprint density at radius 1 is 1.25 bits per heavy atom. The number of H-pyrrole nitrogens is 2. The van der Waals surface area contributed by atoms with Gasteiger partial charge in [-0.25, -0.2) is 9.89 Å². The van der Waals surface area contributed by atoms with Crippen LogP contribution in [-0.4, -0.2) is 15.2 Å². The second-order valence-electron chi connectivity index (χ2n) is 3.24. The summed E-state index contributed by atoms with van der Waals surface area (Å²) in [7, 11) is 0. The molecule has 16 heavy (non-hydrogen) atoms. The van der Waals surface area contributed by atoms with Crippen LogP contribution in [0.5, 0.6) is 0 Å². The first-order valence-corrected chi connectivity index (χ1v) is 6.23. The van der Waals surface area contributed by atoms with Crippen LogP contribution < -0.4 is 5.69 Å². The van der Waals surface area contributed by atoms with E-state index in [0.29, 0.717) is 11.6 Å². The summed E-state index contributed by atoms with van der Waals surface area (Å²) in [6, 6.07) is 7.72. The smallest absolute Gasteiger partial charge is 0.292 e. The van der Waals surface area contributed by atoms with E-state index in [2.05, 4.69) is 15.2 Å². The van der Waals surface area contributed by atoms with E-state index in [0.717, 1.165) is 10.8 Å². The second kappa shape index (κ2) is 5.23. The first kappa shape index (κ1) is 11.3. The van der Waals surface area contributed by atoms with Crippen LogP contribution in [0.15, 0.2) is 29.1 Å². The lowest BCUT2D eigenvalue weighted by Crippen LogP contribution is -2.00. The van der Waals surface area contributed by atoms with Gasteiger partial charge in [0, 0.05) is 10.8 Å². The molecule has 0 atom stereocenters. The highest BCUT2D eigenvalue weighted by molar-refractivity contribution is 7.97. The highest BCUT2D eigenvalue weighted by atomic mass is 35.5. The van der Waals surface area contributed by atoms with Crippen LogP contribution in [0.3, 0.4) is 0 Å². The van der Waals surface area contributed by atoms with Crippen molar-refractivity contribution in [1.29, 1.82) is 0 Å². The Morgan fingerprint density at radius 3 is 2.62 bits per heavy atom. The fraction of sp³-hybridized carbons (Fsp3) is 0.200. The van der Waals surface area contributed by atoms with Crippen LogP contribution in [0.4, 0.5) is 0 Å². The minimum absolute atomic E-state index is 0.262. The van der Waals surface area contributed by atoms with Gasteiger partial charge in [0.2, 0.25) is 0 Å². The lowest BCUT2D eigenvalue weighted by molar-refractivity contribution is 1.01. The monoisotopic (exact) mass is 255 g/mol. The molecule has 1 aromatic heterocycles. The molecule has 0 saturated heterocycles. The summed E-state index contributed by atoms with van der Waals surface area (Å²) in [6.45, 7) is 0. The van der Waals surface area contributed by atoms with Crippen molar-refractivity contribution in [2.45, 2.75) is 11.5 Å². The Morgan fingerprint density at radius 2 is 2.00 bits per heavy atom. The maximum Gasteiger partial charge on any atom is 0.340 e. The molecule has 1 aromatic carbocycles. The second-order valence-corrected chi connectivity index (χ2v) is 4.67. The van der Waals surface area contributed by atoms with Gasteiger partial charge >= 0.3 is 5.69 Å². The molecule has 84 valence electrons. The van der Waals surface area contributed by atoms with Gasteiger partial charge in [-0.1, -0.05) is 23.7 Å². The van der Waals surface area contributed by atoms with Crippen LogP contribution >= 0.6 is 23.4 Å². The van der Waals surface area contributed by atoms with Crippen molar-refractivity contribution in [2.75, 3.05) is 0 Å². The highest BCUT2D eigenvalue weighted by Crippen LogP contribution is 2.17. The summed E-state index contributed by atoms with van der Waals surface area (Å²) in [5, 5.41) is 6.90. The summed E-state index contributed by atoms with van der Waals surface area (Å²) in [5.74, 6) is 2.22. The van der Waals surface area contributed by atoms with Gasteiger partial charge in [0.15, 0.2) is 0 Å². The predicted molar refractivity (Wildman–Crippen MR) is 65.7 cm³/mol. The number of benzene rings is 1. The lowest BCUT2D eigenvalue weighted by atomic mass is 10.2. The zero-order valence-corrected chi connectivity index (χ0v) is 9.94. The van der Waals surface area contributed by atoms with E-state index in [9.17, 15) is 4.79 Å². The number of hydrogen-bond donors (Lipinski definition) is 2. The van der Waals surface area contributed by atoms with Gasteiger partial charge in [-0.3, -0.25) is 4.98 Å². The van der Waals surface area contributed by atoms with E-state index in [1.807, 2.05) is 24.3 Å². The third-order valence-corrected chi connectivity index (χ3v) is 3.24. The summed E-state index contributed by atoms with van der Waals surface area (Å²) < 4.78 is 0. The summed E-state index contributed by atoms with van der Waals surface area (Å²) in [6.07, 6.45) is 0. The number of thioether (sulfide) groups is 1. The molecule has 6 heteroatoms. The number of rotatable bonds is 4. The van der Waals surface area contributed by atoms with Gasteiger partial charge in [0.1, 0.15) is 5.82 Å². The fourth-order valence-corrected chi connectivity index (χ4v) is 2.21. The predicted octanol–water partition coefficient (Wildman–Crippen LogP) is 2.18. The SMILES string of the molecule is O=c1[nH]nc(CSCc2ccc(Cl)cc2)[nH]1. The van der Waals surface area contributed by atoms with Gasteiger partial charge in [-0.05, 0) is 17.7 Å². The van der Waals surface area contributed by atoms with Gasteiger partial charge < -0.3 is 0 Å². The minimum atomic E-state index is -0.262. The normalized spacial score (nSPS) is 10.6. The number of aromatic nitrogens is 3. The Bertz CT molecular complexity index is 505. The lowest BCUT2D eigenvalue weighted by Gasteiger charge is -1.99. The summed E-state index contributed by atoms with van der Waals surface area (Å²) >= 11 is 7.47. The van der Waals surface area contributed by atoms with Crippen molar-refractivity contribution in [2.24, 2.45) is 0 Å². The molecule has 0 bridgehead atoms. The molecule has 2 rings (SSSR count).